The van der Waals surface area contributed by atoms with Crippen LogP contribution in [0.5, 0.6) is 0 Å². The normalized spacial score (nSPS) is 11.0. The third-order valence-corrected chi connectivity index (χ3v) is 3.16. The molecule has 0 unspecified atom stereocenters. The predicted molar refractivity (Wildman–Crippen MR) is 74.8 cm³/mol. The predicted octanol–water partition coefficient (Wildman–Crippen LogP) is 3.59. The van der Waals surface area contributed by atoms with Crippen molar-refractivity contribution in [2.45, 2.75) is 13.8 Å². The number of carbonyl (C=O) groups is 1. The van der Waals surface area contributed by atoms with Crippen LogP contribution in [0.4, 0.5) is 5.69 Å². The average molecular weight is 238 g/mol. The molecule has 3 rings (SSSR count). The highest BCUT2D eigenvalue weighted by atomic mass is 16.1. The molecule has 0 radical (unpaired) electrons. The van der Waals surface area contributed by atoms with Crippen molar-refractivity contribution in [1.29, 1.82) is 0 Å². The number of aromatic amines is 1. The van der Waals surface area contributed by atoms with Gasteiger partial charge < -0.3 is 10.3 Å². The van der Waals surface area contributed by atoms with Gasteiger partial charge in [-0.3, -0.25) is 4.79 Å². The minimum atomic E-state index is -0.0442. The molecule has 3 aromatic rings. The molecule has 0 aliphatic carbocycles. The lowest BCUT2D eigenvalue weighted by Crippen LogP contribution is -2.06. The van der Waals surface area contributed by atoms with Gasteiger partial charge in [-0.25, -0.2) is 0 Å². The zero-order chi connectivity index (χ0) is 12.7. The van der Waals surface area contributed by atoms with Gasteiger partial charge in [-0.1, -0.05) is 18.2 Å². The van der Waals surface area contributed by atoms with E-state index in [1.807, 2.05) is 25.1 Å². The lowest BCUT2D eigenvalue weighted by atomic mass is 10.1. The molecular formula is C15H14N2O. The summed E-state index contributed by atoms with van der Waals surface area (Å²) in [5.41, 5.74) is 4.15. The minimum Gasteiger partial charge on any atom is -0.355 e. The van der Waals surface area contributed by atoms with Crippen molar-refractivity contribution in [3.63, 3.8) is 0 Å². The summed E-state index contributed by atoms with van der Waals surface area (Å²) in [6.07, 6.45) is 0. The van der Waals surface area contributed by atoms with Crippen LogP contribution in [0.3, 0.4) is 0 Å². The smallest absolute Gasteiger partial charge is 0.221 e. The first kappa shape index (κ1) is 10.8. The summed E-state index contributed by atoms with van der Waals surface area (Å²) in [6.45, 7) is 3.52. The summed E-state index contributed by atoms with van der Waals surface area (Å²) in [5, 5.41) is 5.19. The molecule has 0 saturated heterocycles. The maximum atomic E-state index is 11.2. The molecule has 3 nitrogen and oxygen atoms in total. The Bertz CT molecular complexity index is 756. The Labute approximate surface area is 105 Å². The molecule has 1 aromatic heterocycles. The van der Waals surface area contributed by atoms with E-state index >= 15 is 0 Å². The van der Waals surface area contributed by atoms with Crippen LogP contribution in [0.25, 0.3) is 21.8 Å². The van der Waals surface area contributed by atoms with Crippen molar-refractivity contribution in [3.8, 4) is 0 Å². The first-order valence-corrected chi connectivity index (χ1v) is 5.94. The number of hydrogen-bond acceptors (Lipinski definition) is 1. The quantitative estimate of drug-likeness (QED) is 0.668. The molecule has 0 spiro atoms. The standard InChI is InChI=1S/C15H14N2O/c1-9-7-15-12(8-14(9)16-10(2)18)11-5-3-4-6-13(11)17-15/h3-8,17H,1-2H3,(H,16,18). The van der Waals surface area contributed by atoms with Crippen LogP contribution in [0.1, 0.15) is 12.5 Å². The van der Waals surface area contributed by atoms with Gasteiger partial charge in [0.05, 0.1) is 0 Å². The Morgan fingerprint density at radius 1 is 1.11 bits per heavy atom. The SMILES string of the molecule is CC(=O)Nc1cc2c(cc1C)[nH]c1ccccc12. The van der Waals surface area contributed by atoms with Crippen LogP contribution in [0.15, 0.2) is 36.4 Å². The molecule has 3 heteroatoms. The minimum absolute atomic E-state index is 0.0442. The first-order valence-electron chi connectivity index (χ1n) is 5.94. The lowest BCUT2D eigenvalue weighted by Gasteiger charge is -2.06. The van der Waals surface area contributed by atoms with E-state index in [-0.39, 0.29) is 5.91 Å². The van der Waals surface area contributed by atoms with Crippen LogP contribution in [0.2, 0.25) is 0 Å². The van der Waals surface area contributed by atoms with Crippen molar-refractivity contribution < 1.29 is 4.79 Å². The van der Waals surface area contributed by atoms with Crippen LogP contribution < -0.4 is 5.32 Å². The van der Waals surface area contributed by atoms with Crippen molar-refractivity contribution in [2.75, 3.05) is 5.32 Å². The van der Waals surface area contributed by atoms with Gasteiger partial charge in [0.25, 0.3) is 0 Å². The number of benzene rings is 2. The second-order valence-electron chi connectivity index (χ2n) is 4.56. The summed E-state index contributed by atoms with van der Waals surface area (Å²) >= 11 is 0. The molecule has 1 amide bonds. The number of nitrogens with one attached hydrogen (secondary N) is 2. The average Bonchev–Trinajstić information content (AvgIpc) is 2.66. The van der Waals surface area contributed by atoms with E-state index in [1.54, 1.807) is 0 Å². The third-order valence-electron chi connectivity index (χ3n) is 3.16. The van der Waals surface area contributed by atoms with E-state index in [2.05, 4.69) is 28.5 Å². The fraction of sp³-hybridized carbons (Fsp3) is 0.133. The summed E-state index contributed by atoms with van der Waals surface area (Å²) in [5.74, 6) is -0.0442. The highest BCUT2D eigenvalue weighted by Gasteiger charge is 2.07. The summed E-state index contributed by atoms with van der Waals surface area (Å²) in [6, 6.07) is 12.3. The lowest BCUT2D eigenvalue weighted by molar-refractivity contribution is -0.114. The van der Waals surface area contributed by atoms with Crippen LogP contribution in [-0.2, 0) is 4.79 Å². The largest absolute Gasteiger partial charge is 0.355 e. The van der Waals surface area contributed by atoms with Crippen molar-refractivity contribution in [1.82, 2.24) is 4.98 Å². The van der Waals surface area contributed by atoms with E-state index in [9.17, 15) is 4.79 Å². The highest BCUT2D eigenvalue weighted by molar-refractivity contribution is 6.09. The first-order chi connectivity index (χ1) is 8.65. The number of aromatic nitrogens is 1. The van der Waals surface area contributed by atoms with Crippen molar-refractivity contribution in [3.05, 3.63) is 42.0 Å². The monoisotopic (exact) mass is 238 g/mol. The van der Waals surface area contributed by atoms with Crippen molar-refractivity contribution in [2.24, 2.45) is 0 Å². The van der Waals surface area contributed by atoms with Gasteiger partial charge in [-0.15, -0.1) is 0 Å². The van der Waals surface area contributed by atoms with Gasteiger partial charge in [0.1, 0.15) is 0 Å². The molecule has 0 atom stereocenters. The van der Waals surface area contributed by atoms with E-state index in [0.29, 0.717) is 0 Å². The fourth-order valence-corrected chi connectivity index (χ4v) is 2.33. The number of anilines is 1. The zero-order valence-electron chi connectivity index (χ0n) is 10.4. The summed E-state index contributed by atoms with van der Waals surface area (Å²) < 4.78 is 0. The molecular weight excluding hydrogens is 224 g/mol. The summed E-state index contributed by atoms with van der Waals surface area (Å²) in [4.78, 5) is 14.6. The van der Waals surface area contributed by atoms with Gasteiger partial charge in [-0.05, 0) is 30.7 Å². The molecule has 90 valence electrons. The molecule has 1 heterocycles. The van der Waals surface area contributed by atoms with Crippen molar-refractivity contribution >= 4 is 33.4 Å². The number of carbonyl (C=O) groups excluding carboxylic acids is 1. The maximum Gasteiger partial charge on any atom is 0.221 e. The van der Waals surface area contributed by atoms with Gasteiger partial charge >= 0.3 is 0 Å². The zero-order valence-corrected chi connectivity index (χ0v) is 10.4. The number of hydrogen-bond donors (Lipinski definition) is 2. The van der Waals surface area contributed by atoms with E-state index in [0.717, 1.165) is 27.7 Å². The van der Waals surface area contributed by atoms with Gasteiger partial charge in [0, 0.05) is 34.4 Å². The van der Waals surface area contributed by atoms with Crippen LogP contribution in [0, 0.1) is 6.92 Å². The van der Waals surface area contributed by atoms with Gasteiger partial charge in [0.15, 0.2) is 0 Å². The number of amides is 1. The molecule has 0 fully saturated rings. The number of para-hydroxylation sites is 1. The maximum absolute atomic E-state index is 11.2. The fourth-order valence-electron chi connectivity index (χ4n) is 2.33. The topological polar surface area (TPSA) is 44.9 Å². The van der Waals surface area contributed by atoms with Gasteiger partial charge in [-0.2, -0.15) is 0 Å². The number of H-pyrrole nitrogens is 1. The highest BCUT2D eigenvalue weighted by Crippen LogP contribution is 2.29. The molecule has 0 aliphatic heterocycles. The second-order valence-corrected chi connectivity index (χ2v) is 4.56. The van der Waals surface area contributed by atoms with Crippen LogP contribution >= 0.6 is 0 Å². The van der Waals surface area contributed by atoms with E-state index in [4.69, 9.17) is 0 Å². The summed E-state index contributed by atoms with van der Waals surface area (Å²) in [7, 11) is 0. The van der Waals surface area contributed by atoms with E-state index < -0.39 is 0 Å². The van der Waals surface area contributed by atoms with Crippen LogP contribution in [-0.4, -0.2) is 10.9 Å². The Balaban J connectivity index is 2.31. The number of fused-ring (bicyclic) bond motifs is 3. The Morgan fingerprint density at radius 3 is 2.67 bits per heavy atom. The second kappa shape index (κ2) is 3.88. The third kappa shape index (κ3) is 1.64. The molecule has 18 heavy (non-hydrogen) atoms. The Kier molecular flexibility index (Phi) is 2.33. The molecule has 2 N–H and O–H groups in total. The van der Waals surface area contributed by atoms with Gasteiger partial charge in [0.2, 0.25) is 5.91 Å². The molecule has 0 aliphatic rings. The Morgan fingerprint density at radius 2 is 1.89 bits per heavy atom. The van der Waals surface area contributed by atoms with E-state index in [1.165, 1.54) is 12.3 Å². The Hall–Kier alpha value is -2.29. The molecule has 0 saturated carbocycles. The molecule has 2 aromatic carbocycles. The number of rotatable bonds is 1. The molecule has 0 bridgehead atoms. The number of aryl methyl sites for hydroxylation is 1.